The van der Waals surface area contributed by atoms with Crippen LogP contribution in [0.5, 0.6) is 0 Å². The zero-order valence-electron chi connectivity index (χ0n) is 26.0. The molecule has 0 saturated carbocycles. The summed E-state index contributed by atoms with van der Waals surface area (Å²) in [6, 6.07) is 19.2. The third kappa shape index (κ3) is 6.20. The number of carbonyl (C=O) groups excluding carboxylic acids is 1. The van der Waals surface area contributed by atoms with Crippen molar-refractivity contribution in [1.29, 1.82) is 0 Å². The molecule has 3 aromatic carbocycles. The summed E-state index contributed by atoms with van der Waals surface area (Å²) in [5.41, 5.74) is 5.69. The Morgan fingerprint density at radius 3 is 2.47 bits per heavy atom. The van der Waals surface area contributed by atoms with Crippen molar-refractivity contribution in [3.8, 4) is 11.3 Å². The highest BCUT2D eigenvalue weighted by Crippen LogP contribution is 2.32. The molecule has 45 heavy (non-hydrogen) atoms. The molecule has 232 valence electrons. The van der Waals surface area contributed by atoms with Crippen molar-refractivity contribution >= 4 is 34.2 Å². The van der Waals surface area contributed by atoms with Crippen LogP contribution in [0.15, 0.2) is 79.1 Å². The number of halogens is 1. The molecular weight excluding hydrogens is 569 g/mol. The minimum absolute atomic E-state index is 0.276. The van der Waals surface area contributed by atoms with Gasteiger partial charge in [0.25, 0.3) is 5.91 Å². The third-order valence-corrected chi connectivity index (χ3v) is 8.65. The number of aromatic nitrogens is 3. The Morgan fingerprint density at radius 1 is 1.04 bits per heavy atom. The predicted molar refractivity (Wildman–Crippen MR) is 176 cm³/mol. The number of carboxylic acids is 1. The van der Waals surface area contributed by atoms with Gasteiger partial charge in [0.2, 0.25) is 0 Å². The molecule has 0 spiro atoms. The second kappa shape index (κ2) is 11.9. The first-order valence-corrected chi connectivity index (χ1v) is 15.3. The lowest BCUT2D eigenvalue weighted by molar-refractivity contribution is 0.0696. The monoisotopic (exact) mass is 607 g/mol. The Morgan fingerprint density at radius 2 is 1.78 bits per heavy atom. The van der Waals surface area contributed by atoms with Crippen LogP contribution in [0.25, 0.3) is 22.2 Å². The van der Waals surface area contributed by atoms with Gasteiger partial charge in [0.15, 0.2) is 0 Å². The van der Waals surface area contributed by atoms with E-state index in [0.29, 0.717) is 28.4 Å². The number of aromatic carboxylic acids is 1. The van der Waals surface area contributed by atoms with Crippen molar-refractivity contribution in [2.75, 3.05) is 23.3 Å². The van der Waals surface area contributed by atoms with E-state index < -0.39 is 5.97 Å². The van der Waals surface area contributed by atoms with Crippen molar-refractivity contribution in [1.82, 2.24) is 14.3 Å². The summed E-state index contributed by atoms with van der Waals surface area (Å²) in [6.45, 7) is 10.9. The van der Waals surface area contributed by atoms with E-state index >= 15 is 0 Å². The van der Waals surface area contributed by atoms with Crippen LogP contribution in [-0.2, 0) is 12.1 Å². The van der Waals surface area contributed by atoms with Gasteiger partial charge in [0.1, 0.15) is 5.82 Å². The smallest absolute Gasteiger partial charge is 0.335 e. The van der Waals surface area contributed by atoms with E-state index in [-0.39, 0.29) is 17.3 Å². The molecule has 9 heteroatoms. The van der Waals surface area contributed by atoms with Gasteiger partial charge < -0.3 is 19.9 Å². The van der Waals surface area contributed by atoms with Crippen LogP contribution >= 0.6 is 0 Å². The maximum absolute atomic E-state index is 13.7. The summed E-state index contributed by atoms with van der Waals surface area (Å²) in [6.07, 6.45) is 5.85. The number of nitrogens with one attached hydrogen (secondary N) is 1. The normalized spacial score (nSPS) is 15.1. The highest BCUT2D eigenvalue weighted by molar-refractivity contribution is 6.08. The van der Waals surface area contributed by atoms with E-state index in [1.807, 2.05) is 55.8 Å². The summed E-state index contributed by atoms with van der Waals surface area (Å²) in [4.78, 5) is 27.2. The van der Waals surface area contributed by atoms with Crippen molar-refractivity contribution in [2.24, 2.45) is 5.92 Å². The van der Waals surface area contributed by atoms with Crippen molar-refractivity contribution in [2.45, 2.75) is 52.6 Å². The van der Waals surface area contributed by atoms with Crippen LogP contribution in [-0.4, -0.2) is 44.4 Å². The van der Waals surface area contributed by atoms with Gasteiger partial charge in [-0.3, -0.25) is 9.48 Å². The molecule has 2 aromatic heterocycles. The van der Waals surface area contributed by atoms with Gasteiger partial charge in [-0.2, -0.15) is 5.10 Å². The largest absolute Gasteiger partial charge is 0.478 e. The SMILES string of the molecule is Cc1cn(CCC2CCN(c3ccc(C(=O)O)cc3)C2)c2cc(NC(=O)c3cnn(C(C)(C)C)c3-c3ccc(F)cc3)ccc12. The van der Waals surface area contributed by atoms with E-state index in [0.717, 1.165) is 54.6 Å². The van der Waals surface area contributed by atoms with Crippen molar-refractivity contribution < 1.29 is 19.1 Å². The predicted octanol–water partition coefficient (Wildman–Crippen LogP) is 7.57. The molecular formula is C36H38FN5O3. The second-order valence-corrected chi connectivity index (χ2v) is 12.9. The topological polar surface area (TPSA) is 92.4 Å². The Labute approximate surface area is 262 Å². The molecule has 1 unspecified atom stereocenters. The van der Waals surface area contributed by atoms with Gasteiger partial charge >= 0.3 is 5.97 Å². The molecule has 1 aliphatic heterocycles. The average molecular weight is 608 g/mol. The molecule has 6 rings (SSSR count). The molecule has 2 N–H and O–H groups in total. The van der Waals surface area contributed by atoms with Gasteiger partial charge in [-0.25, -0.2) is 9.18 Å². The molecule has 1 aliphatic rings. The molecule has 5 aromatic rings. The summed E-state index contributed by atoms with van der Waals surface area (Å²) in [7, 11) is 0. The zero-order valence-corrected chi connectivity index (χ0v) is 26.0. The first kappa shape index (κ1) is 30.1. The lowest BCUT2D eigenvalue weighted by atomic mass is 10.0. The number of carbonyl (C=O) groups is 2. The molecule has 1 atom stereocenters. The van der Waals surface area contributed by atoms with Crippen LogP contribution < -0.4 is 10.2 Å². The fraction of sp³-hybridized carbons (Fsp3) is 0.306. The van der Waals surface area contributed by atoms with Crippen LogP contribution in [0.1, 0.15) is 59.9 Å². The maximum atomic E-state index is 13.7. The molecule has 0 bridgehead atoms. The van der Waals surface area contributed by atoms with E-state index in [9.17, 15) is 19.1 Å². The number of anilines is 2. The number of nitrogens with zero attached hydrogens (tertiary/aromatic N) is 4. The highest BCUT2D eigenvalue weighted by Gasteiger charge is 2.26. The number of benzene rings is 3. The van der Waals surface area contributed by atoms with Gasteiger partial charge in [0, 0.05) is 48.2 Å². The number of aryl methyl sites for hydroxylation is 2. The summed E-state index contributed by atoms with van der Waals surface area (Å²) < 4.78 is 17.8. The Bertz CT molecular complexity index is 1870. The molecule has 3 heterocycles. The highest BCUT2D eigenvalue weighted by atomic mass is 19.1. The summed E-state index contributed by atoms with van der Waals surface area (Å²) >= 11 is 0. The Hall–Kier alpha value is -4.92. The molecule has 0 radical (unpaired) electrons. The van der Waals surface area contributed by atoms with Gasteiger partial charge in [0.05, 0.1) is 34.1 Å². The van der Waals surface area contributed by atoms with Gasteiger partial charge in [-0.1, -0.05) is 6.07 Å². The Kier molecular flexibility index (Phi) is 7.95. The van der Waals surface area contributed by atoms with Crippen LogP contribution in [0.4, 0.5) is 15.8 Å². The average Bonchev–Trinajstić information content (AvgIpc) is 3.74. The zero-order chi connectivity index (χ0) is 31.9. The van der Waals surface area contributed by atoms with Crippen molar-refractivity contribution in [3.63, 3.8) is 0 Å². The number of fused-ring (bicyclic) bond motifs is 1. The van der Waals surface area contributed by atoms with Crippen molar-refractivity contribution in [3.05, 3.63) is 102 Å². The molecule has 8 nitrogen and oxygen atoms in total. The van der Waals surface area contributed by atoms with Crippen LogP contribution in [0.3, 0.4) is 0 Å². The fourth-order valence-corrected chi connectivity index (χ4v) is 6.28. The first-order chi connectivity index (χ1) is 21.5. The summed E-state index contributed by atoms with van der Waals surface area (Å²) in [5, 5.41) is 18.0. The number of carboxylic acid groups (broad SMARTS) is 1. The maximum Gasteiger partial charge on any atom is 0.335 e. The standard InChI is InChI=1S/C36H38FN5O3/c1-23-21-41(18-16-24-15-17-40(22-24)29-12-7-26(8-13-29)35(44)45)32-19-28(11-14-30(23)32)39-34(43)31-20-38-42(36(2,3)4)33(31)25-5-9-27(37)10-6-25/h5-14,19-21,24H,15-18,22H2,1-4H3,(H,39,43)(H,44,45). The van der Waals surface area contributed by atoms with Crippen LogP contribution in [0, 0.1) is 18.7 Å². The lowest BCUT2D eigenvalue weighted by Crippen LogP contribution is -2.24. The molecule has 1 fully saturated rings. The van der Waals surface area contributed by atoms with Gasteiger partial charge in [-0.05, 0) is 113 Å². The third-order valence-electron chi connectivity index (χ3n) is 8.65. The minimum atomic E-state index is -0.913. The first-order valence-electron chi connectivity index (χ1n) is 15.3. The van der Waals surface area contributed by atoms with E-state index in [2.05, 4.69) is 33.0 Å². The number of hydrogen-bond donors (Lipinski definition) is 2. The molecule has 0 aliphatic carbocycles. The molecule has 1 amide bonds. The van der Waals surface area contributed by atoms with Gasteiger partial charge in [-0.15, -0.1) is 0 Å². The van der Waals surface area contributed by atoms with E-state index in [1.54, 1.807) is 30.5 Å². The second-order valence-electron chi connectivity index (χ2n) is 12.9. The quantitative estimate of drug-likeness (QED) is 0.190. The number of amides is 1. The number of rotatable bonds is 8. The summed E-state index contributed by atoms with van der Waals surface area (Å²) in [5.74, 6) is -1.00. The minimum Gasteiger partial charge on any atom is -0.478 e. The number of hydrogen-bond acceptors (Lipinski definition) is 4. The Balaban J connectivity index is 1.18. The van der Waals surface area contributed by atoms with Crippen LogP contribution in [0.2, 0.25) is 0 Å². The van der Waals surface area contributed by atoms with E-state index in [1.165, 1.54) is 17.7 Å². The van der Waals surface area contributed by atoms with E-state index in [4.69, 9.17) is 0 Å². The fourth-order valence-electron chi connectivity index (χ4n) is 6.28. The molecule has 1 saturated heterocycles. The lowest BCUT2D eigenvalue weighted by Gasteiger charge is -2.23.